The molecule has 16 heavy (non-hydrogen) atoms. The molecule has 1 fully saturated rings. The normalized spacial score (nSPS) is 17.9. The van der Waals surface area contributed by atoms with Crippen LogP contribution in [0.1, 0.15) is 33.6 Å². The fourth-order valence-corrected chi connectivity index (χ4v) is 1.14. The minimum atomic E-state index is -0.631. The SMILES string of the molecule is CC(NCC(C)(C)C(N)=O)C(=O)NC1CC1. The van der Waals surface area contributed by atoms with E-state index in [0.29, 0.717) is 12.6 Å². The van der Waals surface area contributed by atoms with Crippen LogP contribution >= 0.6 is 0 Å². The second-order valence-corrected chi connectivity index (χ2v) is 5.13. The summed E-state index contributed by atoms with van der Waals surface area (Å²) in [5.41, 5.74) is 4.61. The number of carbonyl (C=O) groups excluding carboxylic acids is 2. The van der Waals surface area contributed by atoms with E-state index in [9.17, 15) is 9.59 Å². The molecular formula is C11H21N3O2. The summed E-state index contributed by atoms with van der Waals surface area (Å²) in [6, 6.07) is 0.0696. The highest BCUT2D eigenvalue weighted by atomic mass is 16.2. The maximum absolute atomic E-state index is 11.6. The number of rotatable bonds is 6. The summed E-state index contributed by atoms with van der Waals surface area (Å²) >= 11 is 0. The lowest BCUT2D eigenvalue weighted by Crippen LogP contribution is -2.48. The van der Waals surface area contributed by atoms with Gasteiger partial charge in [-0.2, -0.15) is 0 Å². The lowest BCUT2D eigenvalue weighted by Gasteiger charge is -2.23. The quantitative estimate of drug-likeness (QED) is 0.585. The second kappa shape index (κ2) is 4.82. The van der Waals surface area contributed by atoms with Crippen molar-refractivity contribution in [1.29, 1.82) is 0 Å². The molecule has 5 heteroatoms. The van der Waals surface area contributed by atoms with Gasteiger partial charge in [-0.25, -0.2) is 0 Å². The highest BCUT2D eigenvalue weighted by Gasteiger charge is 2.28. The van der Waals surface area contributed by atoms with Crippen molar-refractivity contribution < 1.29 is 9.59 Å². The predicted molar refractivity (Wildman–Crippen MR) is 61.6 cm³/mol. The highest BCUT2D eigenvalue weighted by molar-refractivity contribution is 5.82. The first kappa shape index (κ1) is 13.0. The fourth-order valence-electron chi connectivity index (χ4n) is 1.14. The zero-order valence-corrected chi connectivity index (χ0v) is 10.2. The minimum absolute atomic E-state index is 0.0113. The first-order valence-electron chi connectivity index (χ1n) is 5.66. The third-order valence-corrected chi connectivity index (χ3v) is 2.83. The average molecular weight is 227 g/mol. The van der Waals surface area contributed by atoms with Crippen molar-refractivity contribution in [1.82, 2.24) is 10.6 Å². The van der Waals surface area contributed by atoms with Gasteiger partial charge in [-0.1, -0.05) is 0 Å². The summed E-state index contributed by atoms with van der Waals surface area (Å²) in [6.45, 7) is 5.71. The van der Waals surface area contributed by atoms with Crippen LogP contribution in [-0.2, 0) is 9.59 Å². The Labute approximate surface area is 96.1 Å². The van der Waals surface area contributed by atoms with Crippen molar-refractivity contribution in [3.63, 3.8) is 0 Å². The first-order chi connectivity index (χ1) is 7.33. The number of nitrogens with two attached hydrogens (primary N) is 1. The zero-order valence-electron chi connectivity index (χ0n) is 10.2. The van der Waals surface area contributed by atoms with Gasteiger partial charge >= 0.3 is 0 Å². The smallest absolute Gasteiger partial charge is 0.237 e. The van der Waals surface area contributed by atoms with Gasteiger partial charge in [0.15, 0.2) is 0 Å². The summed E-state index contributed by atoms with van der Waals surface area (Å²) in [6.07, 6.45) is 2.15. The highest BCUT2D eigenvalue weighted by Crippen LogP contribution is 2.18. The van der Waals surface area contributed by atoms with E-state index in [0.717, 1.165) is 12.8 Å². The topological polar surface area (TPSA) is 84.2 Å². The van der Waals surface area contributed by atoms with Crippen molar-refractivity contribution in [3.05, 3.63) is 0 Å². The van der Waals surface area contributed by atoms with E-state index in [2.05, 4.69) is 10.6 Å². The van der Waals surface area contributed by atoms with E-state index in [1.807, 2.05) is 0 Å². The average Bonchev–Trinajstić information content (AvgIpc) is 2.97. The molecule has 0 heterocycles. The van der Waals surface area contributed by atoms with Crippen LogP contribution in [0.15, 0.2) is 0 Å². The Morgan fingerprint density at radius 3 is 2.44 bits per heavy atom. The molecule has 0 aliphatic heterocycles. The van der Waals surface area contributed by atoms with E-state index < -0.39 is 5.41 Å². The molecular weight excluding hydrogens is 206 g/mol. The summed E-state index contributed by atoms with van der Waals surface area (Å²) in [5, 5.41) is 5.93. The maximum Gasteiger partial charge on any atom is 0.237 e. The number of primary amides is 1. The largest absolute Gasteiger partial charge is 0.369 e. The molecule has 1 atom stereocenters. The maximum atomic E-state index is 11.6. The molecule has 0 radical (unpaired) electrons. The molecule has 1 rings (SSSR count). The van der Waals surface area contributed by atoms with E-state index in [-0.39, 0.29) is 17.9 Å². The van der Waals surface area contributed by atoms with Gasteiger partial charge in [0.1, 0.15) is 0 Å². The molecule has 1 saturated carbocycles. The third-order valence-electron chi connectivity index (χ3n) is 2.83. The van der Waals surface area contributed by atoms with Crippen LogP contribution < -0.4 is 16.4 Å². The Morgan fingerprint density at radius 1 is 1.44 bits per heavy atom. The van der Waals surface area contributed by atoms with Gasteiger partial charge in [0.05, 0.1) is 11.5 Å². The van der Waals surface area contributed by atoms with E-state index in [1.165, 1.54) is 0 Å². The van der Waals surface area contributed by atoms with Crippen LogP contribution in [0.5, 0.6) is 0 Å². The zero-order chi connectivity index (χ0) is 12.3. The second-order valence-electron chi connectivity index (χ2n) is 5.13. The van der Waals surface area contributed by atoms with E-state index in [1.54, 1.807) is 20.8 Å². The van der Waals surface area contributed by atoms with Gasteiger partial charge in [-0.15, -0.1) is 0 Å². The Balaban J connectivity index is 2.30. The Hall–Kier alpha value is -1.10. The first-order valence-corrected chi connectivity index (χ1v) is 5.66. The molecule has 0 saturated heterocycles. The van der Waals surface area contributed by atoms with Gasteiger partial charge < -0.3 is 16.4 Å². The number of hydrogen-bond donors (Lipinski definition) is 3. The lowest BCUT2D eigenvalue weighted by atomic mass is 9.92. The van der Waals surface area contributed by atoms with Crippen LogP contribution in [0, 0.1) is 5.41 Å². The lowest BCUT2D eigenvalue weighted by molar-refractivity contribution is -0.127. The van der Waals surface area contributed by atoms with Gasteiger partial charge in [0.2, 0.25) is 11.8 Å². The molecule has 0 aromatic rings. The molecule has 4 N–H and O–H groups in total. The molecule has 92 valence electrons. The summed E-state index contributed by atoms with van der Waals surface area (Å²) in [5.74, 6) is -0.377. The summed E-state index contributed by atoms with van der Waals surface area (Å²) in [7, 11) is 0. The van der Waals surface area contributed by atoms with Crippen LogP contribution in [-0.4, -0.2) is 30.4 Å². The molecule has 0 bridgehead atoms. The predicted octanol–water partition coefficient (Wildman–Crippen LogP) is -0.245. The fraction of sp³-hybridized carbons (Fsp3) is 0.818. The molecule has 0 spiro atoms. The van der Waals surface area contributed by atoms with Crippen molar-refractivity contribution in [3.8, 4) is 0 Å². The Kier molecular flexibility index (Phi) is 3.91. The van der Waals surface area contributed by atoms with Crippen molar-refractivity contribution in [2.24, 2.45) is 11.1 Å². The number of amides is 2. The summed E-state index contributed by atoms with van der Waals surface area (Å²) < 4.78 is 0. The van der Waals surface area contributed by atoms with Crippen LogP contribution in [0.2, 0.25) is 0 Å². The van der Waals surface area contributed by atoms with Gasteiger partial charge in [-0.05, 0) is 33.6 Å². The van der Waals surface area contributed by atoms with Crippen LogP contribution in [0.3, 0.4) is 0 Å². The Morgan fingerprint density at radius 2 is 2.00 bits per heavy atom. The molecule has 2 amide bonds. The summed E-state index contributed by atoms with van der Waals surface area (Å²) in [4.78, 5) is 22.7. The van der Waals surface area contributed by atoms with E-state index in [4.69, 9.17) is 5.73 Å². The molecule has 0 aromatic carbocycles. The third kappa shape index (κ3) is 3.81. The molecule has 0 aromatic heterocycles. The van der Waals surface area contributed by atoms with Crippen LogP contribution in [0.25, 0.3) is 0 Å². The number of carbonyl (C=O) groups is 2. The monoisotopic (exact) mass is 227 g/mol. The molecule has 1 unspecified atom stereocenters. The van der Waals surface area contributed by atoms with Crippen molar-refractivity contribution in [2.45, 2.75) is 45.7 Å². The van der Waals surface area contributed by atoms with Crippen molar-refractivity contribution in [2.75, 3.05) is 6.54 Å². The molecule has 1 aliphatic carbocycles. The number of hydrogen-bond acceptors (Lipinski definition) is 3. The van der Waals surface area contributed by atoms with E-state index >= 15 is 0 Å². The number of nitrogens with one attached hydrogen (secondary N) is 2. The molecule has 1 aliphatic rings. The van der Waals surface area contributed by atoms with Crippen LogP contribution in [0.4, 0.5) is 0 Å². The molecule has 5 nitrogen and oxygen atoms in total. The standard InChI is InChI=1S/C11H21N3O2/c1-7(9(15)14-8-4-5-8)13-6-11(2,3)10(12)16/h7-8,13H,4-6H2,1-3H3,(H2,12,16)(H,14,15). The van der Waals surface area contributed by atoms with Crippen molar-refractivity contribution >= 4 is 11.8 Å². The van der Waals surface area contributed by atoms with Gasteiger partial charge in [-0.3, -0.25) is 9.59 Å². The Bertz CT molecular complexity index is 285. The van der Waals surface area contributed by atoms with Gasteiger partial charge in [0.25, 0.3) is 0 Å². The minimum Gasteiger partial charge on any atom is -0.369 e. The van der Waals surface area contributed by atoms with Gasteiger partial charge in [0, 0.05) is 12.6 Å².